The average Bonchev–Trinajstić information content (AvgIpc) is 2.77. The molecule has 2 nitrogen and oxygen atoms in total. The van der Waals surface area contributed by atoms with Crippen LogP contribution in [0.4, 0.5) is 4.39 Å². The molecule has 0 amide bonds. The Kier molecular flexibility index (Phi) is 4.75. The summed E-state index contributed by atoms with van der Waals surface area (Å²) in [5.41, 5.74) is 3.60. The first kappa shape index (κ1) is 14.0. The van der Waals surface area contributed by atoms with Gasteiger partial charge in [-0.1, -0.05) is 27.5 Å². The quantitative estimate of drug-likeness (QED) is 0.645. The Morgan fingerprint density at radius 1 is 1.39 bits per heavy atom. The fourth-order valence-corrected chi connectivity index (χ4v) is 3.21. The molecule has 6 heteroatoms. The standard InChI is InChI=1S/C12H11BrClFN2S/c13-9-2-1-8(15)5-7(9)6-10(17-16)11-3-4-12(14)18-11/h1-5,10,17H,6,16H2. The molecule has 0 aliphatic heterocycles. The van der Waals surface area contributed by atoms with Crippen LogP contribution in [0.15, 0.2) is 34.8 Å². The summed E-state index contributed by atoms with van der Waals surface area (Å²) in [5.74, 6) is 5.30. The topological polar surface area (TPSA) is 38.0 Å². The van der Waals surface area contributed by atoms with Crippen molar-refractivity contribution in [1.29, 1.82) is 0 Å². The minimum Gasteiger partial charge on any atom is -0.271 e. The van der Waals surface area contributed by atoms with Gasteiger partial charge in [-0.25, -0.2) is 4.39 Å². The molecule has 0 aliphatic carbocycles. The van der Waals surface area contributed by atoms with Crippen molar-refractivity contribution in [3.63, 3.8) is 0 Å². The summed E-state index contributed by atoms with van der Waals surface area (Å²) in [6.45, 7) is 0. The number of nitrogens with two attached hydrogens (primary N) is 1. The van der Waals surface area contributed by atoms with Crippen LogP contribution < -0.4 is 11.3 Å². The first-order valence-electron chi connectivity index (χ1n) is 5.25. The molecule has 0 saturated heterocycles. The second-order valence-corrected chi connectivity index (χ2v) is 6.40. The van der Waals surface area contributed by atoms with E-state index in [1.807, 2.05) is 12.1 Å². The van der Waals surface area contributed by atoms with E-state index < -0.39 is 0 Å². The van der Waals surface area contributed by atoms with Crippen molar-refractivity contribution in [1.82, 2.24) is 5.43 Å². The van der Waals surface area contributed by atoms with Gasteiger partial charge in [-0.15, -0.1) is 11.3 Å². The van der Waals surface area contributed by atoms with Gasteiger partial charge >= 0.3 is 0 Å². The number of hydrazine groups is 1. The van der Waals surface area contributed by atoms with Crippen LogP contribution in [0.1, 0.15) is 16.5 Å². The van der Waals surface area contributed by atoms with Crippen molar-refractivity contribution in [2.45, 2.75) is 12.5 Å². The number of nitrogens with one attached hydrogen (secondary N) is 1. The van der Waals surface area contributed by atoms with Gasteiger partial charge in [-0.2, -0.15) is 0 Å². The van der Waals surface area contributed by atoms with E-state index in [0.29, 0.717) is 10.8 Å². The fraction of sp³-hybridized carbons (Fsp3) is 0.167. The van der Waals surface area contributed by atoms with E-state index in [4.69, 9.17) is 17.4 Å². The highest BCUT2D eigenvalue weighted by Crippen LogP contribution is 2.30. The normalized spacial score (nSPS) is 12.7. The van der Waals surface area contributed by atoms with Gasteiger partial charge in [0.1, 0.15) is 5.82 Å². The number of benzene rings is 1. The number of rotatable bonds is 4. The second-order valence-electron chi connectivity index (χ2n) is 3.80. The first-order chi connectivity index (χ1) is 8.60. The molecule has 0 saturated carbocycles. The Morgan fingerprint density at radius 2 is 2.17 bits per heavy atom. The molecule has 1 unspecified atom stereocenters. The molecular formula is C12H11BrClFN2S. The molecule has 0 radical (unpaired) electrons. The Morgan fingerprint density at radius 3 is 2.78 bits per heavy atom. The summed E-state index contributed by atoms with van der Waals surface area (Å²) < 4.78 is 14.8. The van der Waals surface area contributed by atoms with Crippen molar-refractivity contribution in [3.8, 4) is 0 Å². The van der Waals surface area contributed by atoms with Crippen LogP contribution in [-0.4, -0.2) is 0 Å². The molecule has 18 heavy (non-hydrogen) atoms. The van der Waals surface area contributed by atoms with E-state index in [1.165, 1.54) is 23.5 Å². The van der Waals surface area contributed by atoms with Crippen molar-refractivity contribution < 1.29 is 4.39 Å². The van der Waals surface area contributed by atoms with Crippen molar-refractivity contribution in [3.05, 3.63) is 55.4 Å². The van der Waals surface area contributed by atoms with Crippen molar-refractivity contribution >= 4 is 38.9 Å². The summed E-state index contributed by atoms with van der Waals surface area (Å²) in [5, 5.41) is 0. The number of halogens is 3. The summed E-state index contributed by atoms with van der Waals surface area (Å²) in [4.78, 5) is 1.03. The third kappa shape index (κ3) is 3.30. The average molecular weight is 350 g/mol. The molecular weight excluding hydrogens is 339 g/mol. The largest absolute Gasteiger partial charge is 0.271 e. The fourth-order valence-electron chi connectivity index (χ4n) is 1.68. The lowest BCUT2D eigenvalue weighted by atomic mass is 10.1. The van der Waals surface area contributed by atoms with Crippen LogP contribution in [-0.2, 0) is 6.42 Å². The lowest BCUT2D eigenvalue weighted by Crippen LogP contribution is -2.29. The van der Waals surface area contributed by atoms with E-state index in [2.05, 4.69) is 21.4 Å². The van der Waals surface area contributed by atoms with Gasteiger partial charge in [0.2, 0.25) is 0 Å². The predicted octanol–water partition coefficient (Wildman–Crippen LogP) is 4.05. The minimum absolute atomic E-state index is 0.0828. The third-order valence-corrected chi connectivity index (χ3v) is 4.69. The zero-order valence-corrected chi connectivity index (χ0v) is 12.4. The second kappa shape index (κ2) is 6.12. The molecule has 0 spiro atoms. The molecule has 0 fully saturated rings. The van der Waals surface area contributed by atoms with E-state index in [0.717, 1.165) is 14.9 Å². The number of thiophene rings is 1. The zero-order valence-electron chi connectivity index (χ0n) is 9.29. The molecule has 1 aromatic heterocycles. The Balaban J connectivity index is 2.22. The molecule has 0 aliphatic rings. The summed E-state index contributed by atoms with van der Waals surface area (Å²) in [7, 11) is 0. The van der Waals surface area contributed by atoms with Gasteiger partial charge in [0.25, 0.3) is 0 Å². The Bertz CT molecular complexity index is 547. The van der Waals surface area contributed by atoms with Crippen molar-refractivity contribution in [2.75, 3.05) is 0 Å². The van der Waals surface area contributed by atoms with Gasteiger partial charge in [0.15, 0.2) is 0 Å². The summed E-state index contributed by atoms with van der Waals surface area (Å²) in [6, 6.07) is 8.28. The highest BCUT2D eigenvalue weighted by molar-refractivity contribution is 9.10. The van der Waals surface area contributed by atoms with Crippen LogP contribution in [0, 0.1) is 5.82 Å². The molecule has 1 aromatic carbocycles. The van der Waals surface area contributed by atoms with E-state index in [9.17, 15) is 4.39 Å². The highest BCUT2D eigenvalue weighted by Gasteiger charge is 2.15. The van der Waals surface area contributed by atoms with E-state index in [-0.39, 0.29) is 11.9 Å². The van der Waals surface area contributed by atoms with Crippen molar-refractivity contribution in [2.24, 2.45) is 5.84 Å². The number of hydrogen-bond donors (Lipinski definition) is 2. The van der Waals surface area contributed by atoms with Crippen LogP contribution in [0.3, 0.4) is 0 Å². The van der Waals surface area contributed by atoms with Crippen LogP contribution >= 0.6 is 38.9 Å². The molecule has 2 rings (SSSR count). The SMILES string of the molecule is NNC(Cc1cc(F)ccc1Br)c1ccc(Cl)s1. The number of hydrogen-bond acceptors (Lipinski definition) is 3. The van der Waals surface area contributed by atoms with Gasteiger partial charge in [0, 0.05) is 9.35 Å². The Hall–Kier alpha value is -0.460. The molecule has 96 valence electrons. The van der Waals surface area contributed by atoms with Crippen LogP contribution in [0.25, 0.3) is 0 Å². The maximum Gasteiger partial charge on any atom is 0.123 e. The summed E-state index contributed by atoms with van der Waals surface area (Å²) in [6.07, 6.45) is 0.589. The smallest absolute Gasteiger partial charge is 0.123 e. The van der Waals surface area contributed by atoms with E-state index in [1.54, 1.807) is 6.07 Å². The maximum absolute atomic E-state index is 13.2. The maximum atomic E-state index is 13.2. The highest BCUT2D eigenvalue weighted by atomic mass is 79.9. The third-order valence-electron chi connectivity index (χ3n) is 2.57. The van der Waals surface area contributed by atoms with E-state index >= 15 is 0 Å². The van der Waals surface area contributed by atoms with Gasteiger partial charge in [-0.3, -0.25) is 11.3 Å². The first-order valence-corrected chi connectivity index (χ1v) is 7.24. The summed E-state index contributed by atoms with van der Waals surface area (Å²) >= 11 is 10.8. The Labute approximate surface area is 122 Å². The van der Waals surface area contributed by atoms with Gasteiger partial charge < -0.3 is 0 Å². The van der Waals surface area contributed by atoms with Gasteiger partial charge in [0.05, 0.1) is 10.4 Å². The monoisotopic (exact) mass is 348 g/mol. The zero-order chi connectivity index (χ0) is 13.1. The van der Waals surface area contributed by atoms with Gasteiger partial charge in [-0.05, 0) is 42.3 Å². The van der Waals surface area contributed by atoms with Crippen LogP contribution in [0.2, 0.25) is 4.34 Å². The lowest BCUT2D eigenvalue weighted by molar-refractivity contribution is 0.555. The molecule has 3 N–H and O–H groups in total. The van der Waals surface area contributed by atoms with Crippen LogP contribution in [0.5, 0.6) is 0 Å². The molecule has 1 heterocycles. The molecule has 2 aromatic rings. The minimum atomic E-state index is -0.256. The lowest BCUT2D eigenvalue weighted by Gasteiger charge is -2.15. The molecule has 0 bridgehead atoms. The predicted molar refractivity (Wildman–Crippen MR) is 77.2 cm³/mol. The molecule has 1 atom stereocenters.